The molecule has 2 rings (SSSR count). The maximum Gasteiger partial charge on any atom is 0.243 e. The molecule has 1 aliphatic rings. The van der Waals surface area contributed by atoms with Crippen LogP contribution in [0.4, 0.5) is 0 Å². The van der Waals surface area contributed by atoms with Crippen LogP contribution in [0.5, 0.6) is 0 Å². The van der Waals surface area contributed by atoms with Crippen molar-refractivity contribution < 1.29 is 8.42 Å². The fourth-order valence-electron chi connectivity index (χ4n) is 2.13. The smallest absolute Gasteiger partial charge is 0.207 e. The summed E-state index contributed by atoms with van der Waals surface area (Å²) in [5.74, 6) is 0. The van der Waals surface area contributed by atoms with Crippen molar-refractivity contribution in [2.24, 2.45) is 0 Å². The molecule has 1 fully saturated rings. The van der Waals surface area contributed by atoms with Gasteiger partial charge in [0.25, 0.3) is 0 Å². The molecule has 1 saturated heterocycles. The second kappa shape index (κ2) is 4.71. The molecule has 5 heteroatoms. The first-order valence-corrected chi connectivity index (χ1v) is 7.98. The highest BCUT2D eigenvalue weighted by atomic mass is 79.9. The third-order valence-electron chi connectivity index (χ3n) is 3.04. The van der Waals surface area contributed by atoms with Crippen LogP contribution >= 0.6 is 15.9 Å². The Labute approximate surface area is 111 Å². The first kappa shape index (κ1) is 13.1. The van der Waals surface area contributed by atoms with Gasteiger partial charge >= 0.3 is 0 Å². The Hall–Kier alpha value is -0.390. The molecule has 1 unspecified atom stereocenters. The number of rotatable bonds is 2. The Morgan fingerprint density at radius 3 is 2.59 bits per heavy atom. The molecule has 1 aromatic carbocycles. The molecular weight excluding hydrogens is 302 g/mol. The van der Waals surface area contributed by atoms with Gasteiger partial charge in [-0.25, -0.2) is 8.42 Å². The van der Waals surface area contributed by atoms with Crippen LogP contribution in [0.15, 0.2) is 23.1 Å². The number of nitrogens with zero attached hydrogens (tertiary/aromatic N) is 1. The van der Waals surface area contributed by atoms with E-state index in [0.717, 1.165) is 17.5 Å². The standard InChI is InChI=1S/C12H16BrNO2S/c1-9-3-4-12(10(2)7-9)17(15,16)14-6-5-11(13)8-14/h3-4,7,11H,5-6,8H2,1-2H3. The molecule has 1 atom stereocenters. The number of alkyl halides is 1. The van der Waals surface area contributed by atoms with E-state index < -0.39 is 10.0 Å². The molecule has 0 spiro atoms. The molecule has 0 bridgehead atoms. The first-order chi connectivity index (χ1) is 7.91. The highest BCUT2D eigenvalue weighted by Crippen LogP contribution is 2.26. The van der Waals surface area contributed by atoms with Crippen LogP contribution in [0.3, 0.4) is 0 Å². The average molecular weight is 318 g/mol. The van der Waals surface area contributed by atoms with Crippen LogP contribution in [-0.2, 0) is 10.0 Å². The molecule has 0 aliphatic carbocycles. The predicted molar refractivity (Wildman–Crippen MR) is 72.0 cm³/mol. The zero-order valence-electron chi connectivity index (χ0n) is 9.98. The van der Waals surface area contributed by atoms with Crippen LogP contribution in [-0.4, -0.2) is 30.6 Å². The summed E-state index contributed by atoms with van der Waals surface area (Å²) in [7, 11) is -3.32. The van der Waals surface area contributed by atoms with Crippen LogP contribution in [0.1, 0.15) is 17.5 Å². The van der Waals surface area contributed by atoms with E-state index in [0.29, 0.717) is 18.0 Å². The third kappa shape index (κ3) is 2.56. The number of halogens is 1. The van der Waals surface area contributed by atoms with E-state index in [-0.39, 0.29) is 4.83 Å². The molecule has 3 nitrogen and oxygen atoms in total. The lowest BCUT2D eigenvalue weighted by Gasteiger charge is -2.17. The molecule has 94 valence electrons. The fourth-order valence-corrected chi connectivity index (χ4v) is 4.59. The van der Waals surface area contributed by atoms with Gasteiger partial charge in [-0.1, -0.05) is 33.6 Å². The lowest BCUT2D eigenvalue weighted by molar-refractivity contribution is 0.478. The topological polar surface area (TPSA) is 37.4 Å². The zero-order chi connectivity index (χ0) is 12.6. The van der Waals surface area contributed by atoms with Crippen LogP contribution in [0.25, 0.3) is 0 Å². The SMILES string of the molecule is Cc1ccc(S(=O)(=O)N2CCC(Br)C2)c(C)c1. The first-order valence-electron chi connectivity index (χ1n) is 5.63. The quantitative estimate of drug-likeness (QED) is 0.786. The monoisotopic (exact) mass is 317 g/mol. The Morgan fingerprint density at radius 1 is 1.35 bits per heavy atom. The molecule has 1 heterocycles. The molecule has 0 amide bonds. The molecule has 1 aromatic rings. The largest absolute Gasteiger partial charge is 0.243 e. The second-order valence-corrected chi connectivity index (χ2v) is 7.72. The highest BCUT2D eigenvalue weighted by molar-refractivity contribution is 9.09. The van der Waals surface area contributed by atoms with Crippen molar-refractivity contribution in [3.8, 4) is 0 Å². The summed E-state index contributed by atoms with van der Waals surface area (Å²) in [5, 5.41) is 0. The minimum absolute atomic E-state index is 0.281. The van der Waals surface area contributed by atoms with Gasteiger partial charge in [-0.2, -0.15) is 4.31 Å². The Bertz CT molecular complexity index is 527. The molecule has 17 heavy (non-hydrogen) atoms. The predicted octanol–water partition coefficient (Wildman–Crippen LogP) is 2.46. The summed E-state index contributed by atoms with van der Waals surface area (Å²) >= 11 is 3.47. The van der Waals surface area contributed by atoms with Gasteiger partial charge in [0, 0.05) is 17.9 Å². The van der Waals surface area contributed by atoms with E-state index in [2.05, 4.69) is 15.9 Å². The normalized spacial score (nSPS) is 21.9. The van der Waals surface area contributed by atoms with Crippen molar-refractivity contribution in [1.82, 2.24) is 4.31 Å². The Balaban J connectivity index is 2.38. The molecule has 0 radical (unpaired) electrons. The number of hydrogen-bond acceptors (Lipinski definition) is 2. The van der Waals surface area contributed by atoms with Crippen LogP contribution in [0, 0.1) is 13.8 Å². The average Bonchev–Trinajstić information content (AvgIpc) is 2.64. The van der Waals surface area contributed by atoms with E-state index in [9.17, 15) is 8.42 Å². The maximum absolute atomic E-state index is 12.4. The molecule has 0 N–H and O–H groups in total. The summed E-state index contributed by atoms with van der Waals surface area (Å²) < 4.78 is 26.4. The number of aryl methyl sites for hydroxylation is 2. The lowest BCUT2D eigenvalue weighted by Crippen LogP contribution is -2.29. The van der Waals surface area contributed by atoms with Gasteiger partial charge in [-0.15, -0.1) is 0 Å². The van der Waals surface area contributed by atoms with Gasteiger partial charge < -0.3 is 0 Å². The zero-order valence-corrected chi connectivity index (χ0v) is 12.4. The summed E-state index contributed by atoms with van der Waals surface area (Å²) in [5.41, 5.74) is 1.91. The minimum Gasteiger partial charge on any atom is -0.207 e. The number of sulfonamides is 1. The number of hydrogen-bond donors (Lipinski definition) is 0. The maximum atomic E-state index is 12.4. The van der Waals surface area contributed by atoms with Crippen LogP contribution in [0.2, 0.25) is 0 Å². The summed E-state index contributed by atoms with van der Waals surface area (Å²) in [6.45, 7) is 4.98. The molecule has 1 aliphatic heterocycles. The van der Waals surface area contributed by atoms with Crippen molar-refractivity contribution >= 4 is 26.0 Å². The molecule has 0 saturated carbocycles. The van der Waals surface area contributed by atoms with Crippen molar-refractivity contribution in [3.05, 3.63) is 29.3 Å². The number of benzene rings is 1. The van der Waals surface area contributed by atoms with E-state index >= 15 is 0 Å². The lowest BCUT2D eigenvalue weighted by atomic mass is 10.2. The van der Waals surface area contributed by atoms with Gasteiger partial charge in [0.1, 0.15) is 0 Å². The highest BCUT2D eigenvalue weighted by Gasteiger charge is 2.32. The van der Waals surface area contributed by atoms with Crippen molar-refractivity contribution in [1.29, 1.82) is 0 Å². The van der Waals surface area contributed by atoms with E-state index in [1.165, 1.54) is 0 Å². The van der Waals surface area contributed by atoms with Gasteiger partial charge in [0.2, 0.25) is 10.0 Å². The third-order valence-corrected chi connectivity index (χ3v) is 5.81. The second-order valence-electron chi connectivity index (χ2n) is 4.52. The van der Waals surface area contributed by atoms with E-state index in [1.54, 1.807) is 10.4 Å². The minimum atomic E-state index is -3.32. The molecular formula is C12H16BrNO2S. The summed E-state index contributed by atoms with van der Waals surface area (Å²) in [6, 6.07) is 5.47. The van der Waals surface area contributed by atoms with Crippen LogP contribution < -0.4 is 0 Å². The van der Waals surface area contributed by atoms with Crippen molar-refractivity contribution in [2.45, 2.75) is 30.0 Å². The van der Waals surface area contributed by atoms with Gasteiger partial charge in [-0.3, -0.25) is 0 Å². The van der Waals surface area contributed by atoms with Gasteiger partial charge in [0.05, 0.1) is 4.90 Å². The summed E-state index contributed by atoms with van der Waals surface area (Å²) in [6.07, 6.45) is 0.879. The Kier molecular flexibility index (Phi) is 3.61. The van der Waals surface area contributed by atoms with Crippen molar-refractivity contribution in [3.63, 3.8) is 0 Å². The Morgan fingerprint density at radius 2 is 2.06 bits per heavy atom. The van der Waals surface area contributed by atoms with E-state index in [4.69, 9.17) is 0 Å². The van der Waals surface area contributed by atoms with Crippen molar-refractivity contribution in [2.75, 3.05) is 13.1 Å². The molecule has 0 aromatic heterocycles. The fraction of sp³-hybridized carbons (Fsp3) is 0.500. The van der Waals surface area contributed by atoms with E-state index in [1.807, 2.05) is 26.0 Å². The summed E-state index contributed by atoms with van der Waals surface area (Å²) in [4.78, 5) is 0.715. The van der Waals surface area contributed by atoms with Gasteiger partial charge in [-0.05, 0) is 31.9 Å². The van der Waals surface area contributed by atoms with Gasteiger partial charge in [0.15, 0.2) is 0 Å².